The molecule has 0 unspecified atom stereocenters. The van der Waals surface area contributed by atoms with Crippen LogP contribution in [0.3, 0.4) is 0 Å². The number of methoxy groups -OCH3 is 1. The normalized spacial score (nSPS) is 23.7. The van der Waals surface area contributed by atoms with E-state index in [2.05, 4.69) is 0 Å². The number of nitrogens with zero attached hydrogens (tertiary/aromatic N) is 1. The number of thioether (sulfide) groups is 1. The molecule has 0 aromatic heterocycles. The molecule has 98 valence electrons. The maximum Gasteiger partial charge on any atom is 0.236 e. The summed E-state index contributed by atoms with van der Waals surface area (Å²) in [5, 5.41) is 0.679. The fraction of sp³-hybridized carbons (Fsp3) is 0.462. The van der Waals surface area contributed by atoms with Gasteiger partial charge in [0, 0.05) is 24.2 Å². The van der Waals surface area contributed by atoms with E-state index < -0.39 is 0 Å². The number of amides is 1. The van der Waals surface area contributed by atoms with Crippen LogP contribution in [0.1, 0.15) is 17.9 Å². The first kappa shape index (κ1) is 13.7. The third-order valence-electron chi connectivity index (χ3n) is 2.95. The van der Waals surface area contributed by atoms with E-state index in [-0.39, 0.29) is 16.5 Å². The summed E-state index contributed by atoms with van der Waals surface area (Å²) in [6.45, 7) is 3.08. The molecule has 0 radical (unpaired) electrons. The Morgan fingerprint density at radius 3 is 2.83 bits per heavy atom. The van der Waals surface area contributed by atoms with E-state index in [1.807, 2.05) is 36.1 Å². The van der Waals surface area contributed by atoms with Crippen LogP contribution >= 0.6 is 23.4 Å². The van der Waals surface area contributed by atoms with E-state index >= 15 is 0 Å². The van der Waals surface area contributed by atoms with Crippen molar-refractivity contribution in [3.63, 3.8) is 0 Å². The molecule has 1 aliphatic rings. The number of ether oxygens (including phenoxy) is 1. The first-order valence-corrected chi connectivity index (χ1v) is 7.16. The van der Waals surface area contributed by atoms with Gasteiger partial charge in [0.05, 0.1) is 11.9 Å². The number of hydrogen-bond acceptors (Lipinski definition) is 3. The largest absolute Gasteiger partial charge is 0.383 e. The van der Waals surface area contributed by atoms with Crippen molar-refractivity contribution >= 4 is 29.3 Å². The van der Waals surface area contributed by atoms with Crippen molar-refractivity contribution in [2.45, 2.75) is 17.5 Å². The van der Waals surface area contributed by atoms with E-state index in [4.69, 9.17) is 16.3 Å². The second-order valence-corrected chi connectivity index (χ2v) is 6.01. The highest BCUT2D eigenvalue weighted by atomic mass is 35.5. The topological polar surface area (TPSA) is 29.5 Å². The van der Waals surface area contributed by atoms with Crippen molar-refractivity contribution in [2.24, 2.45) is 0 Å². The summed E-state index contributed by atoms with van der Waals surface area (Å²) in [5.41, 5.74) is 0.998. The molecule has 1 saturated heterocycles. The third kappa shape index (κ3) is 2.66. The van der Waals surface area contributed by atoms with Gasteiger partial charge in [-0.05, 0) is 13.0 Å². The van der Waals surface area contributed by atoms with Crippen LogP contribution in [0.15, 0.2) is 24.3 Å². The Kier molecular flexibility index (Phi) is 4.54. The van der Waals surface area contributed by atoms with E-state index in [1.165, 1.54) is 0 Å². The van der Waals surface area contributed by atoms with Gasteiger partial charge in [0.1, 0.15) is 5.37 Å². The van der Waals surface area contributed by atoms with Gasteiger partial charge in [-0.15, -0.1) is 11.8 Å². The summed E-state index contributed by atoms with van der Waals surface area (Å²) in [5.74, 6) is 0.155. The van der Waals surface area contributed by atoms with Crippen LogP contribution < -0.4 is 0 Å². The van der Waals surface area contributed by atoms with Crippen LogP contribution in [0.2, 0.25) is 5.02 Å². The van der Waals surface area contributed by atoms with Crippen molar-refractivity contribution in [3.8, 4) is 0 Å². The minimum atomic E-state index is -0.0249. The number of carbonyl (C=O) groups excluding carboxylic acids is 1. The molecule has 0 bridgehead atoms. The number of rotatable bonds is 4. The van der Waals surface area contributed by atoms with Crippen LogP contribution in [-0.2, 0) is 9.53 Å². The van der Waals surface area contributed by atoms with Crippen molar-refractivity contribution in [1.82, 2.24) is 4.90 Å². The molecular formula is C13H16ClNO2S. The molecule has 1 aromatic rings. The highest BCUT2D eigenvalue weighted by Gasteiger charge is 2.38. The molecule has 1 aliphatic heterocycles. The van der Waals surface area contributed by atoms with Gasteiger partial charge in [-0.3, -0.25) is 4.79 Å². The predicted molar refractivity (Wildman–Crippen MR) is 74.8 cm³/mol. The van der Waals surface area contributed by atoms with Gasteiger partial charge in [0.25, 0.3) is 0 Å². The van der Waals surface area contributed by atoms with Gasteiger partial charge in [-0.2, -0.15) is 0 Å². The Hall–Kier alpha value is -0.710. The highest BCUT2D eigenvalue weighted by Crippen LogP contribution is 2.44. The quantitative estimate of drug-likeness (QED) is 0.852. The van der Waals surface area contributed by atoms with Crippen molar-refractivity contribution in [2.75, 3.05) is 20.3 Å². The molecule has 2 atom stereocenters. The van der Waals surface area contributed by atoms with Crippen LogP contribution in [0, 0.1) is 0 Å². The second-order valence-electron chi connectivity index (χ2n) is 4.18. The maximum absolute atomic E-state index is 12.1. The Bertz CT molecular complexity index is 441. The van der Waals surface area contributed by atoms with Crippen LogP contribution in [0.5, 0.6) is 0 Å². The lowest BCUT2D eigenvalue weighted by Gasteiger charge is -2.24. The molecule has 0 saturated carbocycles. The summed E-state index contributed by atoms with van der Waals surface area (Å²) >= 11 is 7.85. The average Bonchev–Trinajstić information content (AvgIpc) is 2.64. The molecule has 5 heteroatoms. The number of hydrogen-bond donors (Lipinski definition) is 0. The van der Waals surface area contributed by atoms with Gasteiger partial charge in [0.15, 0.2) is 0 Å². The molecule has 2 rings (SSSR count). The molecule has 18 heavy (non-hydrogen) atoms. The summed E-state index contributed by atoms with van der Waals surface area (Å²) in [7, 11) is 1.64. The molecule has 0 aliphatic carbocycles. The summed E-state index contributed by atoms with van der Waals surface area (Å²) in [6.07, 6.45) is 0. The lowest BCUT2D eigenvalue weighted by atomic mass is 10.2. The molecule has 1 fully saturated rings. The van der Waals surface area contributed by atoms with Crippen molar-refractivity contribution < 1.29 is 9.53 Å². The number of carbonyl (C=O) groups is 1. The molecule has 0 spiro atoms. The lowest BCUT2D eigenvalue weighted by Crippen LogP contribution is -2.33. The standard InChI is InChI=1S/C13H16ClNO2S/c1-9-12(16)15(7-8-17-2)13(18-9)10-5-3-4-6-11(10)14/h3-6,9,13H,7-8H2,1-2H3/t9-,13+/m0/s1. The monoisotopic (exact) mass is 285 g/mol. The van der Waals surface area contributed by atoms with Gasteiger partial charge in [-0.1, -0.05) is 29.8 Å². The summed E-state index contributed by atoms with van der Waals surface area (Å²) in [6, 6.07) is 7.68. The Morgan fingerprint density at radius 2 is 2.17 bits per heavy atom. The lowest BCUT2D eigenvalue weighted by molar-refractivity contribution is -0.130. The smallest absolute Gasteiger partial charge is 0.236 e. The number of benzene rings is 1. The minimum absolute atomic E-state index is 0.00338. The zero-order valence-corrected chi connectivity index (χ0v) is 12.0. The van der Waals surface area contributed by atoms with Gasteiger partial charge >= 0.3 is 0 Å². The molecule has 0 N–H and O–H groups in total. The SMILES string of the molecule is COCCN1C(=O)[C@H](C)S[C@@H]1c1ccccc1Cl. The first-order chi connectivity index (χ1) is 8.65. The Labute approximate surface area is 116 Å². The predicted octanol–water partition coefficient (Wildman–Crippen LogP) is 2.95. The van der Waals surface area contributed by atoms with Crippen LogP contribution in [0.25, 0.3) is 0 Å². The van der Waals surface area contributed by atoms with Crippen molar-refractivity contribution in [1.29, 1.82) is 0 Å². The number of halogens is 1. The molecule has 1 heterocycles. The fourth-order valence-corrected chi connectivity index (χ4v) is 3.66. The Morgan fingerprint density at radius 1 is 1.44 bits per heavy atom. The molecule has 3 nitrogen and oxygen atoms in total. The molecular weight excluding hydrogens is 270 g/mol. The molecule has 1 amide bonds. The van der Waals surface area contributed by atoms with Gasteiger partial charge in [0.2, 0.25) is 5.91 Å². The Balaban J connectivity index is 2.25. The second kappa shape index (κ2) is 5.95. The van der Waals surface area contributed by atoms with Crippen molar-refractivity contribution in [3.05, 3.63) is 34.9 Å². The molecule has 1 aromatic carbocycles. The van der Waals surface area contributed by atoms with E-state index in [0.717, 1.165) is 5.56 Å². The van der Waals surface area contributed by atoms with Crippen LogP contribution in [-0.4, -0.2) is 36.3 Å². The van der Waals surface area contributed by atoms with E-state index in [1.54, 1.807) is 18.9 Å². The maximum atomic E-state index is 12.1. The zero-order valence-electron chi connectivity index (χ0n) is 10.4. The van der Waals surface area contributed by atoms with Gasteiger partial charge in [-0.25, -0.2) is 0 Å². The summed E-state index contributed by atoms with van der Waals surface area (Å²) in [4.78, 5) is 14.0. The minimum Gasteiger partial charge on any atom is -0.383 e. The van der Waals surface area contributed by atoms with Gasteiger partial charge < -0.3 is 9.64 Å². The third-order valence-corrected chi connectivity index (χ3v) is 4.67. The fourth-order valence-electron chi connectivity index (χ4n) is 2.01. The van der Waals surface area contributed by atoms with E-state index in [9.17, 15) is 4.79 Å². The van der Waals surface area contributed by atoms with Crippen LogP contribution in [0.4, 0.5) is 0 Å². The highest BCUT2D eigenvalue weighted by molar-refractivity contribution is 8.01. The zero-order chi connectivity index (χ0) is 13.1. The first-order valence-electron chi connectivity index (χ1n) is 5.84. The van der Waals surface area contributed by atoms with E-state index in [0.29, 0.717) is 18.2 Å². The summed E-state index contributed by atoms with van der Waals surface area (Å²) < 4.78 is 5.07. The average molecular weight is 286 g/mol.